The first-order chi connectivity index (χ1) is 66.7. The van der Waals surface area contributed by atoms with Gasteiger partial charge < -0.3 is 70.7 Å². The molecule has 2 saturated carbocycles. The zero-order valence-electron chi connectivity index (χ0n) is 83.6. The topological polar surface area (TPSA) is 422 Å². The SMILES string of the molecule is CCCCCN(C(=O)OC(C)(C)C)c1nc(Cl)c2ncn(CC(=O)OCC)c2n1.CCOC(=O)Cn1cnc2c(Cl)nc(NC(=O)OC(C)(C)C)nc21.CCOC(=O)Cn1cnc2c(N(C)Cc3ccccc3)nc(N(Cc3ccc(C4CCCCC4)cc3)C(=O)OC(C)(C)C)nc21.CCOC(=O)Cn1cnc2c(N3CCOCC3)nc(N(Cc3ccc(C4CCCCC4)cc3)C(=O)OC(C)(C)C)nc21. The van der Waals surface area contributed by atoms with E-state index in [0.29, 0.717) is 108 Å². The van der Waals surface area contributed by atoms with Crippen molar-refractivity contribution in [2.24, 2.45) is 0 Å². The summed E-state index contributed by atoms with van der Waals surface area (Å²) in [7, 11) is 1.92. The number of nitrogens with zero attached hydrogens (tertiary/aromatic N) is 21. The maximum Gasteiger partial charge on any atom is 0.417 e. The minimum absolute atomic E-state index is 0.0487. The number of ether oxygens (including phenoxy) is 9. The van der Waals surface area contributed by atoms with Crippen molar-refractivity contribution >= 4 is 152 Å². The first-order valence-corrected chi connectivity index (χ1v) is 48.6. The van der Waals surface area contributed by atoms with Gasteiger partial charge in [-0.05, 0) is 183 Å². The third-order valence-corrected chi connectivity index (χ3v) is 22.5. The standard InChI is InChI=1S/C35H44N6O4.C31H42N6O5.C19H28ClN5O4.C14H18ClN5O4/c1-6-44-29(42)23-40-24-36-30-31(39(5)21-25-13-9-7-10-14-25)37-33(38-32(30)40)41(34(43)45-35(2,3)4)22-26-17-19-28(20-18-26)27-15-11-8-12-16-27;1-5-41-25(38)20-36-21-32-26-27(35-15-17-40-18-16-35)33-29(34-28(26)36)37(30(39)42-31(2,3)4)19-22-11-13-24(14-12-22)23-9-7-6-8-10-23;1-6-8-9-10-25(18(27)29-19(3,4)5)17-22-15(20)14-16(23-17)24(12-21-14)11-13(26)28-7-2;1-5-23-8(21)6-20-7-16-9-10(15)17-12(18-11(9)20)19-13(22)24-14(2,3)4/h7,9-10,13-14,17-20,24,27H,6,8,11-12,15-16,21-23H2,1-5H3;11-14,21,23H,5-10,15-20H2,1-4H3;12H,6-11H2,1-5H3;7H,5-6H2,1-4H3,(H,17,18,19,22). The normalized spacial score (nSPS) is 13.7. The highest BCUT2D eigenvalue weighted by molar-refractivity contribution is 6.34. The molecule has 0 bridgehead atoms. The Kier molecular flexibility index (Phi) is 38.1. The van der Waals surface area contributed by atoms with E-state index < -0.39 is 70.7 Å². The number of halogens is 2. The van der Waals surface area contributed by atoms with Gasteiger partial charge in [0.25, 0.3) is 0 Å². The Bertz CT molecular complexity index is 6010. The van der Waals surface area contributed by atoms with Crippen molar-refractivity contribution in [1.29, 1.82) is 0 Å². The summed E-state index contributed by atoms with van der Waals surface area (Å²) in [5.41, 5.74) is 6.09. The van der Waals surface area contributed by atoms with E-state index in [-0.39, 0.29) is 99.8 Å². The molecule has 1 N–H and O–H groups in total. The van der Waals surface area contributed by atoms with Crippen LogP contribution >= 0.6 is 23.2 Å². The fraction of sp³-hybridized carbons (Fsp3) is 0.535. The average Bonchev–Trinajstić information content (AvgIpc) is 1.58. The number of carbonyl (C=O) groups is 8. The number of anilines is 6. The molecule has 11 aromatic rings. The molecule has 3 aromatic carbocycles. The Morgan fingerprint density at radius 1 is 0.414 bits per heavy atom. The molecule has 8 aromatic heterocycles. The molecule has 2 aliphatic carbocycles. The number of amides is 4. The minimum Gasteiger partial charge on any atom is -0.465 e. The van der Waals surface area contributed by atoms with E-state index >= 15 is 0 Å². The Balaban J connectivity index is 0.000000184. The molecule has 140 heavy (non-hydrogen) atoms. The molecular weight excluding hydrogens is 1840 g/mol. The molecule has 14 rings (SSSR count). The lowest BCUT2D eigenvalue weighted by molar-refractivity contribution is -0.144. The van der Waals surface area contributed by atoms with Crippen LogP contribution in [0, 0.1) is 0 Å². The molecule has 3 fully saturated rings. The van der Waals surface area contributed by atoms with Gasteiger partial charge in [0.2, 0.25) is 23.8 Å². The predicted octanol–water partition coefficient (Wildman–Crippen LogP) is 18.6. The number of rotatable bonds is 30. The van der Waals surface area contributed by atoms with Crippen molar-refractivity contribution in [2.75, 3.05) is 96.1 Å². The second-order valence-corrected chi connectivity index (χ2v) is 38.7. The van der Waals surface area contributed by atoms with E-state index in [4.69, 9.17) is 85.8 Å². The van der Waals surface area contributed by atoms with Crippen LogP contribution in [0.5, 0.6) is 0 Å². The Morgan fingerprint density at radius 3 is 1.21 bits per heavy atom. The van der Waals surface area contributed by atoms with Gasteiger partial charge in [-0.1, -0.05) is 160 Å². The smallest absolute Gasteiger partial charge is 0.417 e. The van der Waals surface area contributed by atoms with Gasteiger partial charge in [0.05, 0.1) is 78.0 Å². The molecule has 0 radical (unpaired) electrons. The number of fused-ring (bicyclic) bond motifs is 4. The lowest BCUT2D eigenvalue weighted by Gasteiger charge is -2.30. The van der Waals surface area contributed by atoms with Gasteiger partial charge in [-0.15, -0.1) is 0 Å². The number of benzene rings is 3. The van der Waals surface area contributed by atoms with Crippen molar-refractivity contribution < 1.29 is 81.0 Å². The summed E-state index contributed by atoms with van der Waals surface area (Å²) in [6.07, 6.45) is 18.9. The zero-order valence-corrected chi connectivity index (χ0v) is 85.1. The number of aromatic nitrogens is 16. The van der Waals surface area contributed by atoms with Crippen LogP contribution in [0.3, 0.4) is 0 Å². The molecule has 4 amide bonds. The highest BCUT2D eigenvalue weighted by atomic mass is 35.5. The van der Waals surface area contributed by atoms with Crippen LogP contribution in [0.1, 0.15) is 241 Å². The summed E-state index contributed by atoms with van der Waals surface area (Å²) in [6.45, 7) is 35.1. The van der Waals surface area contributed by atoms with Crippen LogP contribution in [0.4, 0.5) is 54.6 Å². The minimum atomic E-state index is -0.733. The molecule has 41 heteroatoms. The highest BCUT2D eigenvalue weighted by Crippen LogP contribution is 2.38. The molecule has 754 valence electrons. The number of hydrogen-bond acceptors (Lipinski definition) is 31. The highest BCUT2D eigenvalue weighted by Gasteiger charge is 2.35. The number of imidazole rings is 4. The van der Waals surface area contributed by atoms with Crippen molar-refractivity contribution in [1.82, 2.24) is 78.1 Å². The number of morpholine rings is 1. The second kappa shape index (κ2) is 49.7. The number of unbranched alkanes of at least 4 members (excludes halogenated alkanes) is 2. The van der Waals surface area contributed by atoms with E-state index in [9.17, 15) is 38.4 Å². The summed E-state index contributed by atoms with van der Waals surface area (Å²) in [6, 6.07) is 27.0. The summed E-state index contributed by atoms with van der Waals surface area (Å²) in [4.78, 5) is 162. The molecule has 3 aliphatic rings. The average molecular weight is 1970 g/mol. The first kappa shape index (κ1) is 107. The lowest BCUT2D eigenvalue weighted by atomic mass is 9.84. The molecular formula is C99H132Cl2N22O17. The molecule has 0 atom stereocenters. The van der Waals surface area contributed by atoms with E-state index in [1.54, 1.807) is 91.0 Å². The van der Waals surface area contributed by atoms with Crippen molar-refractivity contribution in [3.8, 4) is 0 Å². The van der Waals surface area contributed by atoms with Crippen LogP contribution in [0.25, 0.3) is 44.7 Å². The van der Waals surface area contributed by atoms with Gasteiger partial charge >= 0.3 is 48.3 Å². The van der Waals surface area contributed by atoms with E-state index in [2.05, 4.69) is 106 Å². The van der Waals surface area contributed by atoms with Gasteiger partial charge in [0.15, 0.2) is 55.6 Å². The summed E-state index contributed by atoms with van der Waals surface area (Å²) >= 11 is 12.3. The lowest BCUT2D eigenvalue weighted by Crippen LogP contribution is -2.39. The second-order valence-electron chi connectivity index (χ2n) is 37.9. The van der Waals surface area contributed by atoms with Gasteiger partial charge in [-0.2, -0.15) is 39.9 Å². The number of hydrogen-bond donors (Lipinski definition) is 1. The summed E-state index contributed by atoms with van der Waals surface area (Å²) in [5, 5.41) is 2.55. The molecule has 9 heterocycles. The van der Waals surface area contributed by atoms with Gasteiger partial charge in [-0.3, -0.25) is 24.5 Å². The van der Waals surface area contributed by atoms with E-state index in [1.165, 1.54) is 112 Å². The van der Waals surface area contributed by atoms with Crippen LogP contribution in [0.15, 0.2) is 104 Å². The van der Waals surface area contributed by atoms with Crippen molar-refractivity contribution in [3.63, 3.8) is 0 Å². The Labute approximate surface area is 825 Å². The Hall–Kier alpha value is -13.0. The third kappa shape index (κ3) is 31.2. The maximum atomic E-state index is 13.8. The third-order valence-electron chi connectivity index (χ3n) is 22.0. The van der Waals surface area contributed by atoms with Crippen molar-refractivity contribution in [2.45, 2.75) is 281 Å². The number of carbonyl (C=O) groups excluding carboxylic acids is 8. The zero-order chi connectivity index (χ0) is 101. The molecule has 0 spiro atoms. The fourth-order valence-electron chi connectivity index (χ4n) is 15.7. The van der Waals surface area contributed by atoms with Gasteiger partial charge in [0, 0.05) is 33.2 Å². The molecule has 39 nitrogen and oxygen atoms in total. The van der Waals surface area contributed by atoms with Crippen LogP contribution < -0.4 is 29.8 Å². The van der Waals surface area contributed by atoms with Gasteiger partial charge in [-0.25, -0.2) is 53.8 Å². The van der Waals surface area contributed by atoms with Crippen LogP contribution in [0.2, 0.25) is 10.3 Å². The van der Waals surface area contributed by atoms with Crippen molar-refractivity contribution in [3.05, 3.63) is 142 Å². The first-order valence-electron chi connectivity index (χ1n) is 47.8. The maximum absolute atomic E-state index is 13.8. The number of esters is 4. The monoisotopic (exact) mass is 1970 g/mol. The number of nitrogens with one attached hydrogen (secondary N) is 1. The van der Waals surface area contributed by atoms with E-state index in [1.807, 2.05) is 83.8 Å². The predicted molar refractivity (Wildman–Crippen MR) is 532 cm³/mol. The molecule has 1 saturated heterocycles. The van der Waals surface area contributed by atoms with Crippen LogP contribution in [-0.2, 0) is 108 Å². The quantitative estimate of drug-likeness (QED) is 0.0189. The van der Waals surface area contributed by atoms with E-state index in [0.717, 1.165) is 36.0 Å². The fourth-order valence-corrected chi connectivity index (χ4v) is 16.1. The molecule has 0 unspecified atom stereocenters. The van der Waals surface area contributed by atoms with Gasteiger partial charge in [0.1, 0.15) is 59.6 Å². The summed E-state index contributed by atoms with van der Waals surface area (Å²) in [5.74, 6) is 1.04. The Morgan fingerprint density at radius 2 is 0.786 bits per heavy atom. The molecule has 1 aliphatic heterocycles. The van der Waals surface area contributed by atoms with Crippen LogP contribution in [-0.4, -0.2) is 215 Å². The summed E-state index contributed by atoms with van der Waals surface area (Å²) < 4.78 is 54.4. The largest absolute Gasteiger partial charge is 0.465 e.